The van der Waals surface area contributed by atoms with Crippen LogP contribution < -0.4 is 15.4 Å². The van der Waals surface area contributed by atoms with Gasteiger partial charge in [-0.3, -0.25) is 41.2 Å². The maximum absolute atomic E-state index is 13.4. The molecule has 584 valence electrons. The second-order valence-corrected chi connectivity index (χ2v) is 34.4. The number of benzene rings is 10. The fraction of sp³-hybridized carbons (Fsp3) is 0.117. The van der Waals surface area contributed by atoms with Crippen LogP contribution in [-0.4, -0.2) is 161 Å². The Morgan fingerprint density at radius 3 is 1.50 bits per heavy atom. The van der Waals surface area contributed by atoms with Crippen LogP contribution in [0.2, 0.25) is 0 Å². The van der Waals surface area contributed by atoms with E-state index in [-0.39, 0.29) is 74.3 Å². The average molecular weight is 1690 g/mol. The standard InChI is InChI=1S/C60H50N12O31S8/c1-27-16-43(47(103-14-13-73)26-42(27)65-68-45-22-33(105(82,83)84)17-30-18-34(106(85,86)87)23-46(75)52(30)45)66-71-54-49(108(91,92)93)19-29-4-5-32(20-37(29)59(54)78)63-69-53-38-24-50(109(94,95)96)55(57(76)35(38)7-9-40(53)61-12-3-15-104(79,80)81)70-64-41-10-8-36-39(60(41)111(100,101)102)25-51(110(97,98)99)56(58(36)77)72-67-44-21-31(62-28(2)74)6-11-48(44)107(88,89)90/h4-11,16-26,61,73,75-78H,3,12-15H2,1-2H3,(H,62,74)(H,79,80,81)(H,82,83,84)(H,85,86,87)(H,88,89,90)(H,91,92,93)(H,94,95,96)(H,97,98,99)(H,100,101,102). The number of carbonyl (C=O) groups is 1. The van der Waals surface area contributed by atoms with Crippen molar-refractivity contribution in [3.05, 3.63) is 121 Å². The zero-order chi connectivity index (χ0) is 81.8. The Bertz CT molecular complexity index is 6830. The van der Waals surface area contributed by atoms with Gasteiger partial charge in [-0.2, -0.15) is 77.6 Å². The van der Waals surface area contributed by atoms with E-state index in [9.17, 15) is 134 Å². The van der Waals surface area contributed by atoms with Crippen molar-refractivity contribution in [1.82, 2.24) is 0 Å². The Morgan fingerprint density at radius 1 is 0.423 bits per heavy atom. The monoisotopic (exact) mass is 1690 g/mol. The summed E-state index contributed by atoms with van der Waals surface area (Å²) in [5.74, 6) is -6.29. The third kappa shape index (κ3) is 18.5. The van der Waals surface area contributed by atoms with Crippen LogP contribution in [0, 0.1) is 6.92 Å². The quantitative estimate of drug-likeness (QED) is 0.0136. The highest BCUT2D eigenvalue weighted by molar-refractivity contribution is 7.87. The number of phenols is 4. The molecule has 0 radical (unpaired) electrons. The van der Waals surface area contributed by atoms with E-state index in [4.69, 9.17) is 4.74 Å². The first-order chi connectivity index (χ1) is 51.4. The number of aliphatic hydroxyl groups is 1. The predicted octanol–water partition coefficient (Wildman–Crippen LogP) is 11.3. The minimum absolute atomic E-state index is 0.112. The van der Waals surface area contributed by atoms with Crippen LogP contribution in [0.4, 0.5) is 68.2 Å². The molecule has 0 heterocycles. The van der Waals surface area contributed by atoms with Crippen LogP contribution in [0.3, 0.4) is 0 Å². The highest BCUT2D eigenvalue weighted by Gasteiger charge is 2.31. The summed E-state index contributed by atoms with van der Waals surface area (Å²) in [7, 11) is -42.3. The summed E-state index contributed by atoms with van der Waals surface area (Å²) >= 11 is 0. The van der Waals surface area contributed by atoms with Crippen molar-refractivity contribution in [2.45, 2.75) is 54.5 Å². The van der Waals surface area contributed by atoms with Gasteiger partial charge in [0.2, 0.25) is 5.91 Å². The zero-order valence-electron chi connectivity index (χ0n) is 55.4. The number of aliphatic hydroxyl groups excluding tert-OH is 1. The fourth-order valence-corrected chi connectivity index (χ4v) is 15.6. The van der Waals surface area contributed by atoms with Gasteiger partial charge in [-0.1, -0.05) is 6.07 Å². The molecule has 0 aliphatic rings. The van der Waals surface area contributed by atoms with Crippen molar-refractivity contribution in [1.29, 1.82) is 0 Å². The highest BCUT2D eigenvalue weighted by Crippen LogP contribution is 2.51. The number of carbonyl (C=O) groups excluding carboxylic acids is 1. The summed E-state index contributed by atoms with van der Waals surface area (Å²) in [5.41, 5.74) is -7.21. The Kier molecular flexibility index (Phi) is 22.6. The lowest BCUT2D eigenvalue weighted by molar-refractivity contribution is -0.114. The molecule has 15 N–H and O–H groups in total. The van der Waals surface area contributed by atoms with Crippen LogP contribution in [0.15, 0.2) is 201 Å². The van der Waals surface area contributed by atoms with Gasteiger partial charge in [-0.15, -0.1) is 40.9 Å². The van der Waals surface area contributed by atoms with E-state index in [1.807, 2.05) is 0 Å². The summed E-state index contributed by atoms with van der Waals surface area (Å²) in [6.07, 6.45) is -0.323. The minimum Gasteiger partial charge on any atom is -0.507 e. The normalized spacial score (nSPS) is 13.2. The number of phenolic OH excluding ortho intramolecular Hbond substituents is 4. The van der Waals surface area contributed by atoms with Crippen molar-refractivity contribution in [3.63, 3.8) is 0 Å². The van der Waals surface area contributed by atoms with Crippen LogP contribution in [-0.2, 0) is 85.7 Å². The number of ether oxygens (including phenoxy) is 1. The first-order valence-electron chi connectivity index (χ1n) is 30.1. The predicted molar refractivity (Wildman–Crippen MR) is 386 cm³/mol. The molecule has 0 atom stereocenters. The van der Waals surface area contributed by atoms with Crippen molar-refractivity contribution < 1.29 is 139 Å². The van der Waals surface area contributed by atoms with Gasteiger partial charge in [0.15, 0.2) is 17.2 Å². The third-order valence-electron chi connectivity index (χ3n) is 15.4. The molecule has 10 aromatic carbocycles. The molecule has 0 saturated carbocycles. The molecule has 0 aliphatic carbocycles. The number of fused-ring (bicyclic) bond motifs is 4. The SMILES string of the molecule is CC(=O)Nc1ccc(S(=O)(=O)O)c(N=Nc2c(S(=O)(=O)O)cc3c(S(=O)(=O)O)c(N=Nc4c(S(=O)(=O)O)cc5c(N=Nc6ccc7cc(S(=O)(=O)O)c(N=Nc8cc(C)c(N=Nc9cc(S(=O)(=O)O)cc%10cc(S(=O)(=O)O)cc(O)c9%10)cc8OCCO)c(O)c7c6)c(NCCCS(=O)(=O)O)ccc5c4O)ccc3c2O)c1. The van der Waals surface area contributed by atoms with Gasteiger partial charge in [0.25, 0.3) is 80.9 Å². The van der Waals surface area contributed by atoms with Gasteiger partial charge in [0, 0.05) is 58.2 Å². The van der Waals surface area contributed by atoms with E-state index in [1.54, 1.807) is 0 Å². The van der Waals surface area contributed by atoms with Crippen molar-refractivity contribution in [2.24, 2.45) is 51.1 Å². The van der Waals surface area contributed by atoms with Crippen LogP contribution in [0.5, 0.6) is 28.7 Å². The maximum atomic E-state index is 13.4. The van der Waals surface area contributed by atoms with Gasteiger partial charge < -0.3 is 40.9 Å². The number of hydrogen-bond donors (Lipinski definition) is 15. The first-order valence-corrected chi connectivity index (χ1v) is 41.8. The number of rotatable bonds is 26. The van der Waals surface area contributed by atoms with Gasteiger partial charge in [-0.25, -0.2) is 0 Å². The highest BCUT2D eigenvalue weighted by atomic mass is 32.2. The molecule has 51 heteroatoms. The molecule has 0 spiro atoms. The topological polar surface area (TPSA) is 710 Å². The second-order valence-electron chi connectivity index (χ2n) is 23.1. The van der Waals surface area contributed by atoms with Crippen molar-refractivity contribution >= 4 is 198 Å². The Labute approximate surface area is 624 Å². The van der Waals surface area contributed by atoms with Crippen LogP contribution in [0.1, 0.15) is 18.9 Å². The summed E-state index contributed by atoms with van der Waals surface area (Å²) < 4.78 is 288. The molecular formula is C60H50N12O31S8. The van der Waals surface area contributed by atoms with Crippen molar-refractivity contribution in [2.75, 3.05) is 36.1 Å². The molecule has 0 unspecified atom stereocenters. The van der Waals surface area contributed by atoms with Gasteiger partial charge in [0.1, 0.15) is 82.4 Å². The molecule has 10 rings (SSSR count). The van der Waals surface area contributed by atoms with E-state index >= 15 is 0 Å². The molecule has 111 heavy (non-hydrogen) atoms. The molecule has 0 saturated heterocycles. The molecule has 43 nitrogen and oxygen atoms in total. The summed E-state index contributed by atoms with van der Waals surface area (Å²) in [5, 5.41) is 96.0. The Balaban J connectivity index is 1.06. The third-order valence-corrected chi connectivity index (χ3v) is 22.3. The number of nitrogens with one attached hydrogen (secondary N) is 2. The van der Waals surface area contributed by atoms with Gasteiger partial charge in [0.05, 0.1) is 50.3 Å². The van der Waals surface area contributed by atoms with E-state index in [2.05, 4.69) is 61.8 Å². The Morgan fingerprint density at radius 2 is 0.937 bits per heavy atom. The number of anilines is 2. The number of nitrogens with zero attached hydrogens (tertiary/aromatic N) is 10. The smallest absolute Gasteiger partial charge is 0.297 e. The van der Waals surface area contributed by atoms with E-state index in [0.29, 0.717) is 24.3 Å². The Hall–Kier alpha value is -11.3. The zero-order valence-corrected chi connectivity index (χ0v) is 61.9. The summed E-state index contributed by atoms with van der Waals surface area (Å²) in [4.78, 5) is 3.62. The maximum Gasteiger partial charge on any atom is 0.297 e. The lowest BCUT2D eigenvalue weighted by atomic mass is 10.0. The number of hydrogen-bond acceptors (Lipinski definition) is 34. The average Bonchev–Trinajstić information content (AvgIpc) is 0.732. The number of aromatic hydroxyl groups is 4. The number of amides is 1. The molecule has 0 fully saturated rings. The van der Waals surface area contributed by atoms with E-state index in [1.165, 1.54) is 13.0 Å². The minimum atomic E-state index is -5.79. The van der Waals surface area contributed by atoms with E-state index in [0.717, 1.165) is 91.9 Å². The largest absolute Gasteiger partial charge is 0.507 e. The van der Waals surface area contributed by atoms with Crippen LogP contribution in [0.25, 0.3) is 43.1 Å². The fourth-order valence-electron chi connectivity index (χ4n) is 10.7. The van der Waals surface area contributed by atoms with Crippen LogP contribution >= 0.6 is 0 Å². The first kappa shape index (κ1) is 82.2. The lowest BCUT2D eigenvalue weighted by Gasteiger charge is -2.15. The van der Waals surface area contributed by atoms with Gasteiger partial charge in [-0.05, 0) is 127 Å². The lowest BCUT2D eigenvalue weighted by Crippen LogP contribution is -2.10. The molecule has 0 bridgehead atoms. The number of azo groups is 5. The molecular weight excluding hydrogens is 1640 g/mol. The second kappa shape index (κ2) is 30.5. The molecule has 1 amide bonds. The molecule has 0 aromatic heterocycles. The summed E-state index contributed by atoms with van der Waals surface area (Å²) in [6.45, 7) is 1.01. The van der Waals surface area contributed by atoms with Gasteiger partial charge >= 0.3 is 0 Å². The van der Waals surface area contributed by atoms with Crippen molar-refractivity contribution in [3.8, 4) is 28.7 Å². The summed E-state index contributed by atoms with van der Waals surface area (Å²) in [6, 6.07) is 16.5. The molecule has 10 aromatic rings. The molecule has 0 aliphatic heterocycles. The van der Waals surface area contributed by atoms with E-state index < -0.39 is 224 Å². The number of aryl methyl sites for hydroxylation is 1.